The molecule has 2 aliphatic rings. The van der Waals surface area contributed by atoms with Gasteiger partial charge in [0.15, 0.2) is 0 Å². The van der Waals surface area contributed by atoms with Crippen LogP contribution in [0.4, 0.5) is 17.5 Å². The number of ether oxygens (including phenoxy) is 1. The summed E-state index contributed by atoms with van der Waals surface area (Å²) in [6.45, 7) is 7.07. The highest BCUT2D eigenvalue weighted by atomic mass is 35.5. The highest BCUT2D eigenvalue weighted by Gasteiger charge is 2.22. The highest BCUT2D eigenvalue weighted by Crippen LogP contribution is 2.28. The van der Waals surface area contributed by atoms with Crippen LogP contribution in [0.2, 0.25) is 0 Å². The number of anilines is 3. The molecule has 29 heavy (non-hydrogen) atoms. The summed E-state index contributed by atoms with van der Waals surface area (Å²) in [6.07, 6.45) is 0. The van der Waals surface area contributed by atoms with Crippen molar-refractivity contribution in [2.75, 3.05) is 67.2 Å². The van der Waals surface area contributed by atoms with Crippen molar-refractivity contribution in [1.82, 2.24) is 9.97 Å². The Morgan fingerprint density at radius 3 is 2.07 bits per heavy atom. The van der Waals surface area contributed by atoms with Crippen molar-refractivity contribution in [2.24, 2.45) is 0 Å². The Bertz CT molecular complexity index is 940. The molecule has 3 heterocycles. The van der Waals surface area contributed by atoms with Crippen molar-refractivity contribution in [3.05, 3.63) is 54.6 Å². The third kappa shape index (κ3) is 4.09. The smallest absolute Gasteiger partial charge is 0.228 e. The third-order valence-electron chi connectivity index (χ3n) is 5.57. The van der Waals surface area contributed by atoms with Crippen molar-refractivity contribution in [2.45, 2.75) is 0 Å². The molecule has 7 heteroatoms. The Balaban J connectivity index is 0.00000205. The normalized spacial score (nSPS) is 17.3. The molecule has 0 bridgehead atoms. The zero-order valence-corrected chi connectivity index (χ0v) is 17.2. The van der Waals surface area contributed by atoms with Gasteiger partial charge >= 0.3 is 0 Å². The molecule has 0 spiro atoms. The van der Waals surface area contributed by atoms with Crippen molar-refractivity contribution in [3.63, 3.8) is 0 Å². The molecule has 2 fully saturated rings. The van der Waals surface area contributed by atoms with Gasteiger partial charge in [0, 0.05) is 50.3 Å². The van der Waals surface area contributed by atoms with Crippen molar-refractivity contribution in [1.29, 1.82) is 0 Å². The molecular formula is C22H26ClN5O. The maximum absolute atomic E-state index is 5.53. The van der Waals surface area contributed by atoms with Gasteiger partial charge in [0.05, 0.1) is 18.7 Å². The number of morpholine rings is 1. The maximum Gasteiger partial charge on any atom is 0.228 e. The van der Waals surface area contributed by atoms with Gasteiger partial charge in [-0.05, 0) is 24.3 Å². The standard InChI is InChI=1S/C22H25N5O.ClH/c1-2-6-18(7-3-1)25-10-12-27(13-11-25)22-23-20-9-5-4-8-19(20)21(24-22)26-14-16-28-17-15-26;/h1-9H,10-17H2;1H. The predicted octanol–water partition coefficient (Wildman–Crippen LogP) is 3.21. The number of hydrogen-bond donors (Lipinski definition) is 0. The molecule has 0 aliphatic carbocycles. The van der Waals surface area contributed by atoms with E-state index >= 15 is 0 Å². The van der Waals surface area contributed by atoms with Crippen LogP contribution in [0.15, 0.2) is 54.6 Å². The molecule has 0 radical (unpaired) electrons. The molecule has 152 valence electrons. The molecular weight excluding hydrogens is 386 g/mol. The summed E-state index contributed by atoms with van der Waals surface area (Å²) >= 11 is 0. The van der Waals surface area contributed by atoms with E-state index in [1.807, 2.05) is 0 Å². The zero-order valence-electron chi connectivity index (χ0n) is 16.4. The Kier molecular flexibility index (Phi) is 6.02. The fourth-order valence-electron chi connectivity index (χ4n) is 4.01. The lowest BCUT2D eigenvalue weighted by atomic mass is 10.2. The number of aromatic nitrogens is 2. The molecule has 0 amide bonds. The second-order valence-electron chi connectivity index (χ2n) is 7.27. The molecule has 2 aromatic carbocycles. The van der Waals surface area contributed by atoms with Crippen LogP contribution >= 0.6 is 12.4 Å². The number of rotatable bonds is 3. The molecule has 0 saturated carbocycles. The molecule has 0 unspecified atom stereocenters. The van der Waals surface area contributed by atoms with E-state index < -0.39 is 0 Å². The summed E-state index contributed by atoms with van der Waals surface area (Å²) in [6, 6.07) is 18.9. The average Bonchev–Trinajstić information content (AvgIpc) is 2.79. The van der Waals surface area contributed by atoms with Gasteiger partial charge in [0.25, 0.3) is 0 Å². The van der Waals surface area contributed by atoms with Crippen molar-refractivity contribution >= 4 is 40.8 Å². The minimum Gasteiger partial charge on any atom is -0.378 e. The molecule has 6 nitrogen and oxygen atoms in total. The summed E-state index contributed by atoms with van der Waals surface area (Å²) in [5.41, 5.74) is 2.30. The second kappa shape index (κ2) is 8.84. The second-order valence-corrected chi connectivity index (χ2v) is 7.27. The lowest BCUT2D eigenvalue weighted by molar-refractivity contribution is 0.122. The van der Waals surface area contributed by atoms with E-state index in [0.29, 0.717) is 0 Å². The van der Waals surface area contributed by atoms with E-state index in [1.165, 1.54) is 5.69 Å². The largest absolute Gasteiger partial charge is 0.378 e. The van der Waals surface area contributed by atoms with Gasteiger partial charge in [-0.15, -0.1) is 12.4 Å². The average molecular weight is 412 g/mol. The van der Waals surface area contributed by atoms with Gasteiger partial charge in [-0.1, -0.05) is 30.3 Å². The fourth-order valence-corrected chi connectivity index (χ4v) is 4.01. The van der Waals surface area contributed by atoms with Crippen LogP contribution in [0.25, 0.3) is 10.9 Å². The number of fused-ring (bicyclic) bond motifs is 1. The minimum absolute atomic E-state index is 0. The maximum atomic E-state index is 5.53. The molecule has 1 aromatic heterocycles. The zero-order chi connectivity index (χ0) is 18.8. The molecule has 2 aliphatic heterocycles. The van der Waals surface area contributed by atoms with Gasteiger partial charge in [-0.2, -0.15) is 4.98 Å². The summed E-state index contributed by atoms with van der Waals surface area (Å²) in [5.74, 6) is 1.88. The Morgan fingerprint density at radius 1 is 0.655 bits per heavy atom. The molecule has 0 atom stereocenters. The van der Waals surface area contributed by atoms with Gasteiger partial charge in [-0.25, -0.2) is 4.98 Å². The van der Waals surface area contributed by atoms with E-state index in [0.717, 1.165) is 75.2 Å². The lowest BCUT2D eigenvalue weighted by Crippen LogP contribution is -2.47. The SMILES string of the molecule is Cl.c1ccc(N2CCN(c3nc(N4CCOCC4)c4ccccc4n3)CC2)cc1. The molecule has 0 N–H and O–H groups in total. The lowest BCUT2D eigenvalue weighted by Gasteiger charge is -2.37. The van der Waals surface area contributed by atoms with Crippen LogP contribution in [0, 0.1) is 0 Å². The van der Waals surface area contributed by atoms with E-state index in [9.17, 15) is 0 Å². The Morgan fingerprint density at radius 2 is 1.31 bits per heavy atom. The number of para-hydroxylation sites is 2. The van der Waals surface area contributed by atoms with E-state index in [4.69, 9.17) is 14.7 Å². The number of benzene rings is 2. The minimum atomic E-state index is 0. The first-order valence-corrected chi connectivity index (χ1v) is 10.0. The monoisotopic (exact) mass is 411 g/mol. The van der Waals surface area contributed by atoms with Crippen LogP contribution in [0.3, 0.4) is 0 Å². The molecule has 5 rings (SSSR count). The topological polar surface area (TPSA) is 44.7 Å². The quantitative estimate of drug-likeness (QED) is 0.659. The van der Waals surface area contributed by atoms with Crippen LogP contribution in [-0.4, -0.2) is 62.5 Å². The fraction of sp³-hybridized carbons (Fsp3) is 0.364. The first-order chi connectivity index (χ1) is 13.9. The van der Waals surface area contributed by atoms with Gasteiger partial charge in [0.1, 0.15) is 5.82 Å². The van der Waals surface area contributed by atoms with Gasteiger partial charge < -0.3 is 19.4 Å². The van der Waals surface area contributed by atoms with Crippen LogP contribution in [0.1, 0.15) is 0 Å². The first-order valence-electron chi connectivity index (χ1n) is 10.0. The summed E-state index contributed by atoms with van der Waals surface area (Å²) in [4.78, 5) is 17.0. The summed E-state index contributed by atoms with van der Waals surface area (Å²) < 4.78 is 5.53. The Hall–Kier alpha value is -2.57. The van der Waals surface area contributed by atoms with Gasteiger partial charge in [0.2, 0.25) is 5.95 Å². The molecule has 3 aromatic rings. The van der Waals surface area contributed by atoms with E-state index in [1.54, 1.807) is 0 Å². The van der Waals surface area contributed by atoms with Crippen LogP contribution in [-0.2, 0) is 4.74 Å². The third-order valence-corrected chi connectivity index (χ3v) is 5.57. The van der Waals surface area contributed by atoms with Crippen LogP contribution < -0.4 is 14.7 Å². The number of hydrogen-bond acceptors (Lipinski definition) is 6. The molecule has 2 saturated heterocycles. The van der Waals surface area contributed by atoms with Crippen molar-refractivity contribution < 1.29 is 4.74 Å². The van der Waals surface area contributed by atoms with Gasteiger partial charge in [-0.3, -0.25) is 0 Å². The Labute approximate surface area is 177 Å². The number of nitrogens with zero attached hydrogens (tertiary/aromatic N) is 5. The highest BCUT2D eigenvalue weighted by molar-refractivity contribution is 5.90. The van der Waals surface area contributed by atoms with E-state index in [2.05, 4.69) is 69.3 Å². The summed E-state index contributed by atoms with van der Waals surface area (Å²) in [5, 5.41) is 1.12. The van der Waals surface area contributed by atoms with E-state index in [-0.39, 0.29) is 12.4 Å². The first kappa shape index (κ1) is 19.7. The summed E-state index contributed by atoms with van der Waals surface area (Å²) in [7, 11) is 0. The number of piperazine rings is 1. The van der Waals surface area contributed by atoms with Crippen LogP contribution in [0.5, 0.6) is 0 Å². The number of halogens is 1. The van der Waals surface area contributed by atoms with Crippen molar-refractivity contribution in [3.8, 4) is 0 Å². The predicted molar refractivity (Wildman–Crippen MR) is 121 cm³/mol.